The van der Waals surface area contributed by atoms with Crippen LogP contribution in [0.15, 0.2) is 24.3 Å². The third-order valence-electron chi connectivity index (χ3n) is 5.21. The average molecular weight is 315 g/mol. The Labute approximate surface area is 137 Å². The van der Waals surface area contributed by atoms with E-state index in [4.69, 9.17) is 0 Å². The molecule has 5 nitrogen and oxygen atoms in total. The summed E-state index contributed by atoms with van der Waals surface area (Å²) in [6.07, 6.45) is 2.59. The summed E-state index contributed by atoms with van der Waals surface area (Å²) in [5, 5.41) is 2.72. The molecule has 1 N–H and O–H groups in total. The van der Waals surface area contributed by atoms with Gasteiger partial charge in [-0.25, -0.2) is 0 Å². The summed E-state index contributed by atoms with van der Waals surface area (Å²) in [6, 6.07) is 8.02. The molecule has 0 aliphatic carbocycles. The van der Waals surface area contributed by atoms with Crippen molar-refractivity contribution in [2.75, 3.05) is 31.6 Å². The minimum atomic E-state index is -0.133. The molecule has 0 saturated carbocycles. The molecule has 2 aliphatic rings. The fraction of sp³-hybridized carbons (Fsp3) is 0.556. The quantitative estimate of drug-likeness (QED) is 0.918. The average Bonchev–Trinajstić information content (AvgIpc) is 3.04. The largest absolute Gasteiger partial charge is 0.359 e. The molecule has 1 atom stereocenters. The first-order chi connectivity index (χ1) is 11.1. The van der Waals surface area contributed by atoms with Crippen LogP contribution in [0.2, 0.25) is 0 Å². The summed E-state index contributed by atoms with van der Waals surface area (Å²) in [5.74, 6) is 0.386. The highest BCUT2D eigenvalue weighted by molar-refractivity contribution is 5.98. The van der Waals surface area contributed by atoms with Crippen LogP contribution in [0.25, 0.3) is 0 Å². The van der Waals surface area contributed by atoms with Gasteiger partial charge in [0.1, 0.15) is 0 Å². The van der Waals surface area contributed by atoms with Gasteiger partial charge in [-0.1, -0.05) is 18.2 Å². The van der Waals surface area contributed by atoms with Crippen LogP contribution in [0.1, 0.15) is 25.3 Å². The van der Waals surface area contributed by atoms with Gasteiger partial charge in [0.25, 0.3) is 0 Å². The van der Waals surface area contributed by atoms with Crippen molar-refractivity contribution >= 4 is 17.5 Å². The van der Waals surface area contributed by atoms with Gasteiger partial charge in [0, 0.05) is 25.2 Å². The summed E-state index contributed by atoms with van der Waals surface area (Å²) in [7, 11) is 1.69. The van der Waals surface area contributed by atoms with Crippen LogP contribution in [0, 0.1) is 5.92 Å². The van der Waals surface area contributed by atoms with Crippen molar-refractivity contribution < 1.29 is 9.59 Å². The summed E-state index contributed by atoms with van der Waals surface area (Å²) < 4.78 is 0. The molecule has 124 valence electrons. The monoisotopic (exact) mass is 315 g/mol. The van der Waals surface area contributed by atoms with E-state index in [0.717, 1.165) is 44.6 Å². The van der Waals surface area contributed by atoms with Gasteiger partial charge in [-0.3, -0.25) is 14.5 Å². The van der Waals surface area contributed by atoms with E-state index >= 15 is 0 Å². The molecule has 1 unspecified atom stereocenters. The second-order valence-corrected chi connectivity index (χ2v) is 6.47. The predicted molar refractivity (Wildman–Crippen MR) is 90.3 cm³/mol. The number of amides is 2. The molecule has 23 heavy (non-hydrogen) atoms. The molecule has 1 fully saturated rings. The number of piperidine rings is 1. The van der Waals surface area contributed by atoms with Crippen LogP contribution in [0.4, 0.5) is 5.69 Å². The first-order valence-corrected chi connectivity index (χ1v) is 8.46. The number of hydrogen-bond acceptors (Lipinski definition) is 3. The van der Waals surface area contributed by atoms with Gasteiger partial charge in [-0.05, 0) is 50.9 Å². The lowest BCUT2D eigenvalue weighted by atomic mass is 9.95. The Morgan fingerprint density at radius 1 is 1.17 bits per heavy atom. The lowest BCUT2D eigenvalue weighted by Crippen LogP contribution is -2.50. The Balaban J connectivity index is 1.62. The van der Waals surface area contributed by atoms with Crippen LogP contribution in [-0.2, 0) is 16.0 Å². The summed E-state index contributed by atoms with van der Waals surface area (Å²) in [6.45, 7) is 4.38. The molecule has 0 spiro atoms. The lowest BCUT2D eigenvalue weighted by molar-refractivity contribution is -0.127. The third-order valence-corrected chi connectivity index (χ3v) is 5.21. The van der Waals surface area contributed by atoms with Crippen molar-refractivity contribution in [2.24, 2.45) is 5.92 Å². The van der Waals surface area contributed by atoms with Crippen molar-refractivity contribution in [1.82, 2.24) is 10.2 Å². The van der Waals surface area contributed by atoms with E-state index in [1.165, 1.54) is 5.56 Å². The number of nitrogens with zero attached hydrogens (tertiary/aromatic N) is 2. The minimum absolute atomic E-state index is 0.0889. The molecule has 0 bridgehead atoms. The number of para-hydroxylation sites is 1. The highest BCUT2D eigenvalue weighted by Gasteiger charge is 2.33. The van der Waals surface area contributed by atoms with Crippen molar-refractivity contribution in [3.8, 4) is 0 Å². The fourth-order valence-electron chi connectivity index (χ4n) is 3.70. The number of likely N-dealkylation sites (tertiary alicyclic amines) is 1. The fourth-order valence-corrected chi connectivity index (χ4v) is 3.70. The van der Waals surface area contributed by atoms with Crippen LogP contribution in [0.3, 0.4) is 0 Å². The zero-order chi connectivity index (χ0) is 16.4. The van der Waals surface area contributed by atoms with E-state index in [2.05, 4.69) is 16.3 Å². The Hall–Kier alpha value is -1.88. The number of hydrogen-bond donors (Lipinski definition) is 1. The molecule has 0 aromatic heterocycles. The second-order valence-electron chi connectivity index (χ2n) is 6.47. The van der Waals surface area contributed by atoms with E-state index in [0.29, 0.717) is 0 Å². The Morgan fingerprint density at radius 2 is 1.87 bits per heavy atom. The third kappa shape index (κ3) is 3.11. The number of rotatable bonds is 3. The maximum Gasteiger partial charge on any atom is 0.244 e. The zero-order valence-corrected chi connectivity index (χ0v) is 13.9. The molecule has 2 heterocycles. The first-order valence-electron chi connectivity index (χ1n) is 8.46. The molecule has 2 aliphatic heterocycles. The van der Waals surface area contributed by atoms with Gasteiger partial charge in [0.05, 0.1) is 6.04 Å². The zero-order valence-electron chi connectivity index (χ0n) is 13.9. The number of nitrogens with one attached hydrogen (secondary N) is 1. The number of anilines is 1. The SMILES string of the molecule is CNC(=O)C1CCN(C(C)C(=O)N2CCc3ccccc32)CC1. The molecule has 3 rings (SSSR count). The van der Waals surface area contributed by atoms with Crippen molar-refractivity contribution in [1.29, 1.82) is 0 Å². The smallest absolute Gasteiger partial charge is 0.244 e. The number of benzene rings is 1. The Kier molecular flexibility index (Phi) is 4.66. The van der Waals surface area contributed by atoms with E-state index in [1.807, 2.05) is 30.0 Å². The molecule has 1 aromatic rings. The van der Waals surface area contributed by atoms with Crippen LogP contribution in [-0.4, -0.2) is 49.4 Å². The summed E-state index contributed by atoms with van der Waals surface area (Å²) in [4.78, 5) is 28.7. The molecule has 0 radical (unpaired) electrons. The number of fused-ring (bicyclic) bond motifs is 1. The molecular formula is C18H25N3O2. The van der Waals surface area contributed by atoms with Crippen molar-refractivity contribution in [3.05, 3.63) is 29.8 Å². The normalized spacial score (nSPS) is 20.2. The molecule has 2 amide bonds. The Bertz CT molecular complexity index is 594. The molecule has 1 saturated heterocycles. The maximum atomic E-state index is 12.9. The highest BCUT2D eigenvalue weighted by atomic mass is 16.2. The van der Waals surface area contributed by atoms with E-state index in [9.17, 15) is 9.59 Å². The summed E-state index contributed by atoms with van der Waals surface area (Å²) in [5.41, 5.74) is 2.32. The van der Waals surface area contributed by atoms with Gasteiger partial charge in [-0.2, -0.15) is 0 Å². The highest BCUT2D eigenvalue weighted by Crippen LogP contribution is 2.29. The molecule has 1 aromatic carbocycles. The van der Waals surface area contributed by atoms with Gasteiger partial charge in [-0.15, -0.1) is 0 Å². The lowest BCUT2D eigenvalue weighted by Gasteiger charge is -2.36. The van der Waals surface area contributed by atoms with E-state index in [1.54, 1.807) is 7.05 Å². The Morgan fingerprint density at radius 3 is 2.57 bits per heavy atom. The maximum absolute atomic E-state index is 12.9. The second kappa shape index (κ2) is 6.71. The molecule has 5 heteroatoms. The van der Waals surface area contributed by atoms with Crippen molar-refractivity contribution in [2.45, 2.75) is 32.2 Å². The van der Waals surface area contributed by atoms with Crippen molar-refractivity contribution in [3.63, 3.8) is 0 Å². The van der Waals surface area contributed by atoms with Gasteiger partial charge in [0.15, 0.2) is 0 Å². The number of carbonyl (C=O) groups is 2. The minimum Gasteiger partial charge on any atom is -0.359 e. The van der Waals surface area contributed by atoms with Crippen LogP contribution >= 0.6 is 0 Å². The summed E-state index contributed by atoms with van der Waals surface area (Å²) >= 11 is 0. The van der Waals surface area contributed by atoms with Gasteiger partial charge >= 0.3 is 0 Å². The standard InChI is InChI=1S/C18H25N3O2/c1-13(20-10-7-15(8-11-20)17(22)19-2)18(23)21-12-9-14-5-3-4-6-16(14)21/h3-6,13,15H,7-12H2,1-2H3,(H,19,22). The van der Waals surface area contributed by atoms with Gasteiger partial charge < -0.3 is 10.2 Å². The number of carbonyl (C=O) groups excluding carboxylic acids is 2. The van der Waals surface area contributed by atoms with Crippen LogP contribution in [0.5, 0.6) is 0 Å². The molecular weight excluding hydrogens is 290 g/mol. The van der Waals surface area contributed by atoms with Crippen LogP contribution < -0.4 is 10.2 Å². The van der Waals surface area contributed by atoms with Gasteiger partial charge in [0.2, 0.25) is 11.8 Å². The topological polar surface area (TPSA) is 52.7 Å². The van der Waals surface area contributed by atoms with E-state index in [-0.39, 0.29) is 23.8 Å². The predicted octanol–water partition coefficient (Wildman–Crippen LogP) is 1.42. The van der Waals surface area contributed by atoms with E-state index < -0.39 is 0 Å². The first kappa shape index (κ1) is 16.0.